The first-order valence-electron chi connectivity index (χ1n) is 12.4. The molecule has 0 radical (unpaired) electrons. The number of para-hydroxylation sites is 1. The van der Waals surface area contributed by atoms with Gasteiger partial charge in [-0.2, -0.15) is 4.31 Å². The summed E-state index contributed by atoms with van der Waals surface area (Å²) in [5, 5.41) is 11.1. The van der Waals surface area contributed by atoms with Crippen molar-refractivity contribution in [3.05, 3.63) is 48.5 Å². The topological polar surface area (TPSA) is 115 Å². The smallest absolute Gasteiger partial charge is 0.409 e. The minimum Gasteiger partial charge on any atom is -0.448 e. The Bertz CT molecular complexity index is 1340. The average molecular weight is 529 g/mol. The number of nitrogens with one attached hydrogen (secondary N) is 1. The van der Waals surface area contributed by atoms with E-state index >= 15 is 0 Å². The fourth-order valence-electron chi connectivity index (χ4n) is 4.75. The van der Waals surface area contributed by atoms with E-state index < -0.39 is 22.2 Å². The van der Waals surface area contributed by atoms with Gasteiger partial charge in [0.1, 0.15) is 6.61 Å². The molecule has 0 aliphatic carbocycles. The molecule has 37 heavy (non-hydrogen) atoms. The first kappa shape index (κ1) is 25.5. The third-order valence-corrected chi connectivity index (χ3v) is 8.75. The minimum atomic E-state index is -3.85. The highest BCUT2D eigenvalue weighted by molar-refractivity contribution is 7.89. The number of β-amino-alcohol motifs (C(OH)–C–C–N with tert-alkyl or cyclic N) is 1. The molecule has 0 spiro atoms. The lowest BCUT2D eigenvalue weighted by atomic mass is 10.1. The Labute approximate surface area is 216 Å². The second kappa shape index (κ2) is 10.7. The molecular formula is C26H32N4O6S. The molecule has 0 saturated carbocycles. The molecule has 3 heterocycles. The fraction of sp³-hybridized carbons (Fsp3) is 0.423. The molecule has 10 nitrogen and oxygen atoms in total. The number of carbonyl (C=O) groups excluding carboxylic acids is 1. The summed E-state index contributed by atoms with van der Waals surface area (Å²) >= 11 is 0. The molecule has 198 valence electrons. The SMILES string of the molecule is CN(CCOC(=O)N1CCOCC1)S(=O)(=O)c1ccc(N2CC[C@H](O)C2)c(-c2cc3ccccc3[nH]2)c1. The molecule has 2 saturated heterocycles. The van der Waals surface area contributed by atoms with Crippen molar-refractivity contribution in [1.29, 1.82) is 0 Å². The number of hydrogen-bond donors (Lipinski definition) is 2. The Kier molecular flexibility index (Phi) is 7.38. The van der Waals surface area contributed by atoms with Gasteiger partial charge in [-0.3, -0.25) is 0 Å². The second-order valence-corrected chi connectivity index (χ2v) is 11.4. The summed E-state index contributed by atoms with van der Waals surface area (Å²) in [7, 11) is -2.37. The van der Waals surface area contributed by atoms with Crippen molar-refractivity contribution in [1.82, 2.24) is 14.2 Å². The van der Waals surface area contributed by atoms with Gasteiger partial charge in [-0.1, -0.05) is 18.2 Å². The van der Waals surface area contributed by atoms with E-state index in [-0.39, 0.29) is 18.0 Å². The number of H-pyrrole nitrogens is 1. The first-order valence-corrected chi connectivity index (χ1v) is 13.9. The molecule has 11 heteroatoms. The van der Waals surface area contributed by atoms with E-state index in [1.165, 1.54) is 11.4 Å². The largest absolute Gasteiger partial charge is 0.448 e. The lowest BCUT2D eigenvalue weighted by Crippen LogP contribution is -2.42. The van der Waals surface area contributed by atoms with Crippen molar-refractivity contribution in [3.63, 3.8) is 0 Å². The third-order valence-electron chi connectivity index (χ3n) is 6.90. The standard InChI is InChI=1S/C26H32N4O6S/c1-28(10-15-36-26(32)29-11-13-35-14-12-29)37(33,34)21-6-7-25(30-9-8-20(31)18-30)22(17-21)24-16-19-4-2-3-5-23(19)27-24/h2-7,16-17,20,27,31H,8-15,18H2,1H3/t20-/m0/s1. The van der Waals surface area contributed by atoms with Crippen LogP contribution in [0.15, 0.2) is 53.4 Å². The number of benzene rings is 2. The summed E-state index contributed by atoms with van der Waals surface area (Å²) < 4.78 is 38.6. The third kappa shape index (κ3) is 5.45. The van der Waals surface area contributed by atoms with Gasteiger partial charge < -0.3 is 29.4 Å². The molecule has 1 atom stereocenters. The number of aliphatic hydroxyl groups is 1. The molecule has 0 bridgehead atoms. The molecule has 2 N–H and O–H groups in total. The maximum absolute atomic E-state index is 13.4. The maximum atomic E-state index is 13.4. The Hall–Kier alpha value is -3.12. The van der Waals surface area contributed by atoms with Crippen LogP contribution >= 0.6 is 0 Å². The summed E-state index contributed by atoms with van der Waals surface area (Å²) in [6, 6.07) is 15.0. The lowest BCUT2D eigenvalue weighted by molar-refractivity contribution is 0.0266. The van der Waals surface area contributed by atoms with E-state index in [2.05, 4.69) is 9.88 Å². The highest BCUT2D eigenvalue weighted by Gasteiger charge is 2.27. The molecule has 2 aliphatic heterocycles. The number of nitrogens with zero attached hydrogens (tertiary/aromatic N) is 3. The molecule has 0 unspecified atom stereocenters. The van der Waals surface area contributed by atoms with Crippen molar-refractivity contribution in [2.45, 2.75) is 17.4 Å². The molecule has 5 rings (SSSR count). The predicted octanol–water partition coefficient (Wildman–Crippen LogP) is 2.50. The number of morpholine rings is 1. The van der Waals surface area contributed by atoms with Crippen LogP contribution in [0.2, 0.25) is 0 Å². The van der Waals surface area contributed by atoms with Gasteiger partial charge in [-0.15, -0.1) is 0 Å². The van der Waals surface area contributed by atoms with Gasteiger partial charge in [-0.05, 0) is 36.8 Å². The number of aliphatic hydroxyl groups excluding tert-OH is 1. The van der Waals surface area contributed by atoms with Crippen LogP contribution in [-0.2, 0) is 19.5 Å². The van der Waals surface area contributed by atoms with Crippen LogP contribution in [0, 0.1) is 0 Å². The van der Waals surface area contributed by atoms with Gasteiger partial charge in [0.05, 0.1) is 24.2 Å². The van der Waals surface area contributed by atoms with Gasteiger partial charge in [0.2, 0.25) is 10.0 Å². The van der Waals surface area contributed by atoms with Gasteiger partial charge in [0, 0.05) is 67.6 Å². The number of carbonyl (C=O) groups is 1. The number of rotatable bonds is 7. The van der Waals surface area contributed by atoms with Crippen LogP contribution in [0.1, 0.15) is 6.42 Å². The van der Waals surface area contributed by atoms with Gasteiger partial charge >= 0.3 is 6.09 Å². The van der Waals surface area contributed by atoms with E-state index in [1.807, 2.05) is 30.3 Å². The Balaban J connectivity index is 1.37. The molecular weight excluding hydrogens is 496 g/mol. The van der Waals surface area contributed by atoms with Crippen molar-refractivity contribution in [2.75, 3.05) is 64.5 Å². The summed E-state index contributed by atoms with van der Waals surface area (Å²) in [5.41, 5.74) is 3.37. The zero-order valence-corrected chi connectivity index (χ0v) is 21.6. The number of aromatic nitrogens is 1. The Morgan fingerprint density at radius 2 is 1.95 bits per heavy atom. The summed E-state index contributed by atoms with van der Waals surface area (Å²) in [4.78, 5) is 19.4. The Morgan fingerprint density at radius 1 is 1.16 bits per heavy atom. The highest BCUT2D eigenvalue weighted by atomic mass is 32.2. The van der Waals surface area contributed by atoms with Gasteiger partial charge in [-0.25, -0.2) is 13.2 Å². The molecule has 2 aromatic carbocycles. The van der Waals surface area contributed by atoms with Gasteiger partial charge in [0.25, 0.3) is 0 Å². The van der Waals surface area contributed by atoms with Gasteiger partial charge in [0.15, 0.2) is 0 Å². The number of likely N-dealkylation sites (N-methyl/N-ethyl adjacent to an activating group) is 1. The van der Waals surface area contributed by atoms with Crippen LogP contribution in [0.5, 0.6) is 0 Å². The van der Waals surface area contributed by atoms with Crippen LogP contribution in [-0.4, -0.2) is 99.5 Å². The fourth-order valence-corrected chi connectivity index (χ4v) is 5.93. The first-order chi connectivity index (χ1) is 17.8. The monoisotopic (exact) mass is 528 g/mol. The normalized spacial score (nSPS) is 18.6. The maximum Gasteiger partial charge on any atom is 0.409 e. The van der Waals surface area contributed by atoms with Crippen LogP contribution in [0.4, 0.5) is 10.5 Å². The molecule has 3 aromatic rings. The number of sulfonamides is 1. The van der Waals surface area contributed by atoms with Crippen molar-refractivity contribution >= 4 is 32.7 Å². The number of fused-ring (bicyclic) bond motifs is 1. The number of hydrogen-bond acceptors (Lipinski definition) is 7. The molecule has 1 aromatic heterocycles. The molecule has 2 aliphatic rings. The number of anilines is 1. The number of ether oxygens (including phenoxy) is 2. The quantitative estimate of drug-likeness (QED) is 0.484. The second-order valence-electron chi connectivity index (χ2n) is 9.38. The zero-order valence-electron chi connectivity index (χ0n) is 20.8. The minimum absolute atomic E-state index is 0.0280. The number of aromatic amines is 1. The predicted molar refractivity (Wildman–Crippen MR) is 140 cm³/mol. The zero-order chi connectivity index (χ0) is 26.0. The van der Waals surface area contributed by atoms with Crippen LogP contribution < -0.4 is 4.90 Å². The van der Waals surface area contributed by atoms with E-state index in [0.717, 1.165) is 27.8 Å². The van der Waals surface area contributed by atoms with Crippen LogP contribution in [0.3, 0.4) is 0 Å². The van der Waals surface area contributed by atoms with Crippen molar-refractivity contribution < 1.29 is 27.8 Å². The Morgan fingerprint density at radius 3 is 2.68 bits per heavy atom. The molecule has 1 amide bonds. The molecule has 2 fully saturated rings. The average Bonchev–Trinajstić information content (AvgIpc) is 3.55. The van der Waals surface area contributed by atoms with E-state index in [0.29, 0.717) is 45.8 Å². The van der Waals surface area contributed by atoms with E-state index in [4.69, 9.17) is 9.47 Å². The number of amides is 1. The van der Waals surface area contributed by atoms with Crippen molar-refractivity contribution in [2.24, 2.45) is 0 Å². The summed E-state index contributed by atoms with van der Waals surface area (Å²) in [6.07, 6.45) is -0.212. The highest BCUT2D eigenvalue weighted by Crippen LogP contribution is 2.36. The van der Waals surface area contributed by atoms with E-state index in [1.54, 1.807) is 23.1 Å². The van der Waals surface area contributed by atoms with E-state index in [9.17, 15) is 18.3 Å². The summed E-state index contributed by atoms with van der Waals surface area (Å²) in [6.45, 7) is 3.02. The summed E-state index contributed by atoms with van der Waals surface area (Å²) in [5.74, 6) is 0. The van der Waals surface area contributed by atoms with Crippen molar-refractivity contribution in [3.8, 4) is 11.3 Å². The van der Waals surface area contributed by atoms with Crippen LogP contribution in [0.25, 0.3) is 22.2 Å². The lowest BCUT2D eigenvalue weighted by Gasteiger charge is -2.26.